The van der Waals surface area contributed by atoms with E-state index in [1.54, 1.807) is 11.4 Å². The molecular weight excluding hydrogens is 308 g/mol. The second-order valence-corrected chi connectivity index (χ2v) is 9.49. The molecule has 1 aliphatic carbocycles. The van der Waals surface area contributed by atoms with Crippen LogP contribution < -0.4 is 0 Å². The molecule has 1 saturated carbocycles. The summed E-state index contributed by atoms with van der Waals surface area (Å²) in [5, 5.41) is -0.109. The van der Waals surface area contributed by atoms with Crippen LogP contribution in [0.4, 0.5) is 0 Å². The van der Waals surface area contributed by atoms with Gasteiger partial charge in [0.25, 0.3) is 0 Å². The molecule has 0 spiro atoms. The van der Waals surface area contributed by atoms with E-state index in [1.807, 2.05) is 0 Å². The van der Waals surface area contributed by atoms with Crippen LogP contribution in [0.25, 0.3) is 0 Å². The molecule has 1 heterocycles. The first kappa shape index (κ1) is 16.9. The third-order valence-corrected chi connectivity index (χ3v) is 7.66. The van der Waals surface area contributed by atoms with Gasteiger partial charge in [0.05, 0.1) is 5.25 Å². The van der Waals surface area contributed by atoms with E-state index in [9.17, 15) is 8.42 Å². The van der Waals surface area contributed by atoms with E-state index < -0.39 is 10.0 Å². The van der Waals surface area contributed by atoms with Gasteiger partial charge in [-0.05, 0) is 57.2 Å². The highest BCUT2D eigenvalue weighted by Gasteiger charge is 2.41. The minimum Gasteiger partial charge on any atom is -0.297 e. The molecule has 1 aromatic rings. The van der Waals surface area contributed by atoms with Crippen LogP contribution in [-0.2, 0) is 16.6 Å². The van der Waals surface area contributed by atoms with E-state index in [0.717, 1.165) is 45.3 Å². The molecule has 0 aromatic heterocycles. The highest BCUT2D eigenvalue weighted by atomic mass is 32.2. The van der Waals surface area contributed by atoms with Crippen LogP contribution in [-0.4, -0.2) is 49.1 Å². The normalized spacial score (nSPS) is 23.4. The number of sulfonamides is 1. The van der Waals surface area contributed by atoms with Gasteiger partial charge in [-0.3, -0.25) is 4.90 Å². The quantitative estimate of drug-likeness (QED) is 0.830. The van der Waals surface area contributed by atoms with Gasteiger partial charge in [0.15, 0.2) is 0 Å². The van der Waals surface area contributed by atoms with Gasteiger partial charge in [-0.15, -0.1) is 0 Å². The third-order valence-electron chi connectivity index (χ3n) is 5.24. The lowest BCUT2D eigenvalue weighted by molar-refractivity contribution is 0.153. The zero-order valence-electron chi connectivity index (χ0n) is 14.5. The summed E-state index contributed by atoms with van der Waals surface area (Å²) in [5.74, 6) is 0. The van der Waals surface area contributed by atoms with E-state index in [4.69, 9.17) is 0 Å². The maximum absolute atomic E-state index is 12.5. The highest BCUT2D eigenvalue weighted by molar-refractivity contribution is 7.90. The molecule has 1 unspecified atom stereocenters. The minimum atomic E-state index is -3.07. The summed E-state index contributed by atoms with van der Waals surface area (Å²) >= 11 is 0. The molecule has 4 nitrogen and oxygen atoms in total. The number of piperidine rings is 1. The number of likely N-dealkylation sites (tertiary alicyclic amines) is 1. The molecule has 2 aliphatic rings. The van der Waals surface area contributed by atoms with Crippen molar-refractivity contribution in [1.29, 1.82) is 0 Å². The number of likely N-dealkylation sites (N-methyl/N-ethyl adjacent to an activating group) is 1. The molecule has 0 amide bonds. The monoisotopic (exact) mass is 336 g/mol. The predicted octanol–water partition coefficient (Wildman–Crippen LogP) is 2.69. The van der Waals surface area contributed by atoms with Crippen LogP contribution in [0.2, 0.25) is 0 Å². The van der Waals surface area contributed by atoms with Crippen molar-refractivity contribution in [3.8, 4) is 0 Å². The molecule has 0 bridgehead atoms. The molecule has 5 heteroatoms. The summed E-state index contributed by atoms with van der Waals surface area (Å²) in [6.07, 6.45) is 3.73. The maximum Gasteiger partial charge on any atom is 0.217 e. The van der Waals surface area contributed by atoms with E-state index in [-0.39, 0.29) is 11.3 Å². The standard InChI is InChI=1S/C18H28N2O2S/c1-14-6-7-15(2)16(11-14)12-20-10-4-5-17(13-20)19(3)23(21,22)18-8-9-18/h6-7,11,17-18H,4-5,8-10,12-13H2,1-3H3. The number of benzene rings is 1. The third kappa shape index (κ3) is 3.78. The van der Waals surface area contributed by atoms with Gasteiger partial charge >= 0.3 is 0 Å². The van der Waals surface area contributed by atoms with Crippen molar-refractivity contribution in [2.45, 2.75) is 57.4 Å². The first-order chi connectivity index (χ1) is 10.9. The number of hydrogen-bond donors (Lipinski definition) is 0. The summed E-state index contributed by atoms with van der Waals surface area (Å²) in [6.45, 7) is 7.09. The fourth-order valence-electron chi connectivity index (χ4n) is 3.49. The molecule has 0 radical (unpaired) electrons. The Morgan fingerprint density at radius 1 is 1.22 bits per heavy atom. The van der Waals surface area contributed by atoms with Crippen LogP contribution in [0.3, 0.4) is 0 Å². The summed E-state index contributed by atoms with van der Waals surface area (Å²) in [5.41, 5.74) is 3.96. The first-order valence-corrected chi connectivity index (χ1v) is 10.1. The van der Waals surface area contributed by atoms with Crippen LogP contribution in [0, 0.1) is 13.8 Å². The first-order valence-electron chi connectivity index (χ1n) is 8.63. The Hall–Kier alpha value is -0.910. The largest absolute Gasteiger partial charge is 0.297 e. The second kappa shape index (κ2) is 6.54. The maximum atomic E-state index is 12.5. The lowest BCUT2D eigenvalue weighted by Crippen LogP contribution is -2.49. The Kier molecular flexibility index (Phi) is 4.81. The van der Waals surface area contributed by atoms with Gasteiger partial charge in [-0.1, -0.05) is 23.8 Å². The summed E-state index contributed by atoms with van der Waals surface area (Å²) < 4.78 is 26.6. The van der Waals surface area contributed by atoms with Gasteiger partial charge in [0, 0.05) is 26.2 Å². The molecule has 0 N–H and O–H groups in total. The van der Waals surface area contributed by atoms with Gasteiger partial charge < -0.3 is 0 Å². The van der Waals surface area contributed by atoms with E-state index in [2.05, 4.69) is 36.9 Å². The number of nitrogens with zero attached hydrogens (tertiary/aromatic N) is 2. The molecule has 2 fully saturated rings. The lowest BCUT2D eigenvalue weighted by atomic mass is 10.0. The summed E-state index contributed by atoms with van der Waals surface area (Å²) in [6, 6.07) is 6.70. The highest BCUT2D eigenvalue weighted by Crippen LogP contribution is 2.32. The number of rotatable bonds is 5. The molecule has 3 rings (SSSR count). The number of hydrogen-bond acceptors (Lipinski definition) is 3. The zero-order chi connectivity index (χ0) is 16.6. The van der Waals surface area contributed by atoms with Gasteiger partial charge in [0.2, 0.25) is 10.0 Å². The van der Waals surface area contributed by atoms with E-state index in [0.29, 0.717) is 0 Å². The van der Waals surface area contributed by atoms with Crippen LogP contribution in [0.1, 0.15) is 42.4 Å². The number of aryl methyl sites for hydroxylation is 2. The Labute approximate surface area is 140 Å². The predicted molar refractivity (Wildman–Crippen MR) is 93.9 cm³/mol. The van der Waals surface area contributed by atoms with E-state index >= 15 is 0 Å². The van der Waals surface area contributed by atoms with Crippen molar-refractivity contribution in [3.63, 3.8) is 0 Å². The summed E-state index contributed by atoms with van der Waals surface area (Å²) in [4.78, 5) is 2.41. The molecule has 1 saturated heterocycles. The molecule has 1 aliphatic heterocycles. The lowest BCUT2D eigenvalue weighted by Gasteiger charge is -2.37. The van der Waals surface area contributed by atoms with Crippen molar-refractivity contribution in [2.24, 2.45) is 0 Å². The van der Waals surface area contributed by atoms with Gasteiger partial charge in [-0.25, -0.2) is 12.7 Å². The Balaban J connectivity index is 1.67. The van der Waals surface area contributed by atoms with Crippen molar-refractivity contribution >= 4 is 10.0 Å². The SMILES string of the molecule is Cc1ccc(C)c(CN2CCCC(N(C)S(=O)(=O)C3CC3)C2)c1. The van der Waals surface area contributed by atoms with Gasteiger partial charge in [-0.2, -0.15) is 0 Å². The van der Waals surface area contributed by atoms with Crippen molar-refractivity contribution in [2.75, 3.05) is 20.1 Å². The van der Waals surface area contributed by atoms with E-state index in [1.165, 1.54) is 16.7 Å². The average Bonchev–Trinajstić information content (AvgIpc) is 3.36. The minimum absolute atomic E-state index is 0.109. The molecule has 1 atom stereocenters. The molecule has 23 heavy (non-hydrogen) atoms. The van der Waals surface area contributed by atoms with Crippen molar-refractivity contribution < 1.29 is 8.42 Å². The van der Waals surface area contributed by atoms with Crippen LogP contribution in [0.15, 0.2) is 18.2 Å². The molecule has 128 valence electrons. The molecule has 1 aromatic carbocycles. The Morgan fingerprint density at radius 3 is 2.65 bits per heavy atom. The van der Waals surface area contributed by atoms with Crippen molar-refractivity contribution in [3.05, 3.63) is 34.9 Å². The smallest absolute Gasteiger partial charge is 0.217 e. The van der Waals surface area contributed by atoms with Crippen LogP contribution >= 0.6 is 0 Å². The van der Waals surface area contributed by atoms with Crippen molar-refractivity contribution in [1.82, 2.24) is 9.21 Å². The molecular formula is C18H28N2O2S. The zero-order valence-corrected chi connectivity index (χ0v) is 15.3. The average molecular weight is 337 g/mol. The Bertz CT molecular complexity index is 668. The van der Waals surface area contributed by atoms with Crippen LogP contribution in [0.5, 0.6) is 0 Å². The fourth-order valence-corrected chi connectivity index (χ4v) is 5.28. The topological polar surface area (TPSA) is 40.6 Å². The summed E-state index contributed by atoms with van der Waals surface area (Å²) in [7, 11) is -1.29. The second-order valence-electron chi connectivity index (χ2n) is 7.22. The fraction of sp³-hybridized carbons (Fsp3) is 0.667. The Morgan fingerprint density at radius 2 is 1.96 bits per heavy atom. The van der Waals surface area contributed by atoms with Gasteiger partial charge in [0.1, 0.15) is 0 Å².